The van der Waals surface area contributed by atoms with Gasteiger partial charge in [-0.2, -0.15) is 0 Å². The molecule has 26 heavy (non-hydrogen) atoms. The van der Waals surface area contributed by atoms with Gasteiger partial charge in [-0.3, -0.25) is 9.69 Å². The minimum absolute atomic E-state index is 0.00168. The Kier molecular flexibility index (Phi) is 4.07. The van der Waals surface area contributed by atoms with Crippen molar-refractivity contribution in [3.8, 4) is 0 Å². The summed E-state index contributed by atoms with van der Waals surface area (Å²) >= 11 is 0. The van der Waals surface area contributed by atoms with Crippen molar-refractivity contribution < 1.29 is 19.8 Å². The number of likely N-dealkylation sites (tertiary alicyclic amines) is 1. The van der Waals surface area contributed by atoms with Crippen LogP contribution in [0.25, 0.3) is 0 Å². The second-order valence-corrected chi connectivity index (χ2v) is 10.3. The summed E-state index contributed by atoms with van der Waals surface area (Å²) in [5.74, 6) is 2.52. The molecule has 2 atom stereocenters. The largest absolute Gasteiger partial charge is 0.465 e. The van der Waals surface area contributed by atoms with Crippen LogP contribution in [0.1, 0.15) is 59.3 Å². The van der Waals surface area contributed by atoms with Gasteiger partial charge < -0.3 is 15.5 Å². The average Bonchev–Trinajstić information content (AvgIpc) is 2.89. The summed E-state index contributed by atoms with van der Waals surface area (Å²) in [6.07, 6.45) is 4.40. The Balaban J connectivity index is 1.61. The predicted molar refractivity (Wildman–Crippen MR) is 96.5 cm³/mol. The van der Waals surface area contributed by atoms with Crippen LogP contribution in [0.2, 0.25) is 0 Å². The fraction of sp³-hybridized carbons (Fsp3) is 0.900. The first-order valence-corrected chi connectivity index (χ1v) is 10.1. The van der Waals surface area contributed by atoms with Gasteiger partial charge in [-0.1, -0.05) is 20.8 Å². The normalized spacial score (nSPS) is 44.4. The average molecular weight is 364 g/mol. The molecule has 5 fully saturated rings. The summed E-state index contributed by atoms with van der Waals surface area (Å²) in [5, 5.41) is 23.2. The van der Waals surface area contributed by atoms with Crippen LogP contribution in [0.15, 0.2) is 0 Å². The number of aliphatic hydroxyl groups is 1. The SMILES string of the molecule is CC(C)(C)[C@@]1(C(=O)NC2C3CC4CC(C3)CC2C4)C[C@@H](O)CN1C(=O)O. The molecule has 1 saturated heterocycles. The molecule has 0 spiro atoms. The zero-order valence-electron chi connectivity index (χ0n) is 16.1. The van der Waals surface area contributed by atoms with Gasteiger partial charge in [0.1, 0.15) is 5.54 Å². The van der Waals surface area contributed by atoms with Gasteiger partial charge in [0.25, 0.3) is 0 Å². The Labute approximate surface area is 155 Å². The van der Waals surface area contributed by atoms with E-state index in [0.29, 0.717) is 11.8 Å². The van der Waals surface area contributed by atoms with Crippen molar-refractivity contribution in [2.45, 2.75) is 77.0 Å². The molecule has 5 aliphatic rings. The second kappa shape index (κ2) is 5.85. The van der Waals surface area contributed by atoms with Gasteiger partial charge in [-0.15, -0.1) is 0 Å². The molecule has 5 rings (SSSR count). The molecule has 2 amide bonds. The van der Waals surface area contributed by atoms with E-state index in [1.54, 1.807) is 0 Å². The van der Waals surface area contributed by atoms with Gasteiger partial charge >= 0.3 is 6.09 Å². The maximum atomic E-state index is 13.5. The standard InChI is InChI=1S/C20H32N2O4/c1-19(2,3)20(9-15(23)10-22(20)18(25)26)17(24)21-16-13-5-11-4-12(7-13)8-14(16)6-11/h11-16,23H,4-10H2,1-3H3,(H,21,24)(H,25,26)/t11?,12?,13?,14?,15-,16?,20+/m1/s1. The van der Waals surface area contributed by atoms with Gasteiger partial charge in [0.15, 0.2) is 0 Å². The number of nitrogens with zero attached hydrogens (tertiary/aromatic N) is 1. The molecule has 1 heterocycles. The summed E-state index contributed by atoms with van der Waals surface area (Å²) in [5.41, 5.74) is -1.81. The number of aliphatic hydroxyl groups excluding tert-OH is 1. The number of carboxylic acid groups (broad SMARTS) is 1. The summed E-state index contributed by atoms with van der Waals surface area (Å²) in [6, 6.07) is 0.169. The van der Waals surface area contributed by atoms with E-state index in [9.17, 15) is 19.8 Å². The van der Waals surface area contributed by atoms with E-state index in [-0.39, 0.29) is 24.9 Å². The summed E-state index contributed by atoms with van der Waals surface area (Å²) in [4.78, 5) is 26.6. The van der Waals surface area contributed by atoms with E-state index < -0.39 is 23.2 Å². The lowest BCUT2D eigenvalue weighted by atomic mass is 9.54. The highest BCUT2D eigenvalue weighted by atomic mass is 16.4. The van der Waals surface area contributed by atoms with Crippen LogP contribution in [-0.4, -0.2) is 51.3 Å². The number of β-amino-alcohol motifs (C(OH)–C–C–N with tert-alkyl or cyclic N) is 1. The quantitative estimate of drug-likeness (QED) is 0.702. The highest BCUT2D eigenvalue weighted by Crippen LogP contribution is 2.54. The molecule has 0 aromatic heterocycles. The predicted octanol–water partition coefficient (Wildman–Crippen LogP) is 2.46. The Morgan fingerprint density at radius 1 is 1.04 bits per heavy atom. The zero-order chi connectivity index (χ0) is 18.9. The number of nitrogens with one attached hydrogen (secondary N) is 1. The fourth-order valence-corrected chi connectivity index (χ4v) is 6.82. The monoisotopic (exact) mass is 364 g/mol. The molecule has 146 valence electrons. The van der Waals surface area contributed by atoms with Crippen LogP contribution in [0.3, 0.4) is 0 Å². The van der Waals surface area contributed by atoms with Crippen molar-refractivity contribution in [1.82, 2.24) is 10.2 Å². The van der Waals surface area contributed by atoms with Crippen molar-refractivity contribution in [3.63, 3.8) is 0 Å². The minimum atomic E-state index is -1.22. The number of carbonyl (C=O) groups is 2. The van der Waals surface area contributed by atoms with E-state index in [0.717, 1.165) is 11.8 Å². The van der Waals surface area contributed by atoms with Crippen molar-refractivity contribution in [3.05, 3.63) is 0 Å². The third-order valence-electron chi connectivity index (χ3n) is 7.76. The van der Waals surface area contributed by atoms with Crippen LogP contribution >= 0.6 is 0 Å². The minimum Gasteiger partial charge on any atom is -0.465 e. The third-order valence-corrected chi connectivity index (χ3v) is 7.76. The molecule has 4 saturated carbocycles. The summed E-state index contributed by atoms with van der Waals surface area (Å²) in [7, 11) is 0. The van der Waals surface area contributed by atoms with Crippen LogP contribution in [0.4, 0.5) is 4.79 Å². The molecule has 0 aromatic carbocycles. The molecule has 4 bridgehead atoms. The van der Waals surface area contributed by atoms with E-state index in [1.165, 1.54) is 37.0 Å². The van der Waals surface area contributed by atoms with Crippen molar-refractivity contribution in [2.75, 3.05) is 6.54 Å². The van der Waals surface area contributed by atoms with Gasteiger partial charge in [0.2, 0.25) is 5.91 Å². The van der Waals surface area contributed by atoms with Gasteiger partial charge in [-0.05, 0) is 61.2 Å². The Morgan fingerprint density at radius 3 is 2.04 bits per heavy atom. The maximum Gasteiger partial charge on any atom is 0.408 e. The molecule has 6 heteroatoms. The number of hydrogen-bond acceptors (Lipinski definition) is 3. The van der Waals surface area contributed by atoms with E-state index in [2.05, 4.69) is 5.32 Å². The first-order chi connectivity index (χ1) is 12.1. The molecule has 0 aromatic rings. The Morgan fingerprint density at radius 2 is 1.58 bits per heavy atom. The first-order valence-electron chi connectivity index (χ1n) is 10.1. The topological polar surface area (TPSA) is 89.9 Å². The zero-order valence-corrected chi connectivity index (χ0v) is 16.1. The van der Waals surface area contributed by atoms with E-state index in [1.807, 2.05) is 20.8 Å². The first kappa shape index (κ1) is 18.1. The molecule has 6 nitrogen and oxygen atoms in total. The van der Waals surface area contributed by atoms with Crippen LogP contribution in [0, 0.1) is 29.1 Å². The Hall–Kier alpha value is -1.30. The maximum absolute atomic E-state index is 13.5. The molecule has 1 aliphatic heterocycles. The lowest BCUT2D eigenvalue weighted by molar-refractivity contribution is -0.141. The van der Waals surface area contributed by atoms with Crippen LogP contribution in [-0.2, 0) is 4.79 Å². The lowest BCUT2D eigenvalue weighted by Crippen LogP contribution is -2.67. The lowest BCUT2D eigenvalue weighted by Gasteiger charge is -2.55. The van der Waals surface area contributed by atoms with Crippen molar-refractivity contribution in [2.24, 2.45) is 29.1 Å². The van der Waals surface area contributed by atoms with E-state index >= 15 is 0 Å². The van der Waals surface area contributed by atoms with Gasteiger partial charge in [0.05, 0.1) is 12.6 Å². The third kappa shape index (κ3) is 2.55. The molecule has 0 unspecified atom stereocenters. The Bertz CT molecular complexity index is 585. The number of carbonyl (C=O) groups excluding carboxylic acids is 1. The number of hydrogen-bond donors (Lipinski definition) is 3. The molecule has 3 N–H and O–H groups in total. The van der Waals surface area contributed by atoms with Gasteiger partial charge in [-0.25, -0.2) is 4.79 Å². The van der Waals surface area contributed by atoms with Crippen LogP contribution in [0.5, 0.6) is 0 Å². The van der Waals surface area contributed by atoms with Crippen molar-refractivity contribution in [1.29, 1.82) is 0 Å². The van der Waals surface area contributed by atoms with Crippen LogP contribution < -0.4 is 5.32 Å². The number of rotatable bonds is 2. The smallest absolute Gasteiger partial charge is 0.408 e. The van der Waals surface area contributed by atoms with Crippen molar-refractivity contribution >= 4 is 12.0 Å². The molecule has 0 radical (unpaired) electrons. The second-order valence-electron chi connectivity index (χ2n) is 10.3. The molecule has 4 aliphatic carbocycles. The molecular weight excluding hydrogens is 332 g/mol. The molecular formula is C20H32N2O4. The number of amides is 2. The van der Waals surface area contributed by atoms with Gasteiger partial charge in [0, 0.05) is 12.5 Å². The highest BCUT2D eigenvalue weighted by molar-refractivity contribution is 5.91. The summed E-state index contributed by atoms with van der Waals surface area (Å²) < 4.78 is 0. The highest BCUT2D eigenvalue weighted by Gasteiger charge is 2.61. The van der Waals surface area contributed by atoms with E-state index in [4.69, 9.17) is 0 Å². The fourth-order valence-electron chi connectivity index (χ4n) is 6.82. The summed E-state index contributed by atoms with van der Waals surface area (Å²) in [6.45, 7) is 5.70.